The third-order valence-corrected chi connectivity index (χ3v) is 11.4. The van der Waals surface area contributed by atoms with Crippen molar-refractivity contribution in [2.45, 2.75) is 124 Å². The highest BCUT2D eigenvalue weighted by Crippen LogP contribution is 2.58. The van der Waals surface area contributed by atoms with Gasteiger partial charge in [-0.3, -0.25) is 4.79 Å². The number of fused-ring (bicyclic) bond motifs is 3. The molecule has 1 aromatic rings. The summed E-state index contributed by atoms with van der Waals surface area (Å²) in [4.78, 5) is 12.0. The zero-order valence-electron chi connectivity index (χ0n) is 25.4. The van der Waals surface area contributed by atoms with E-state index >= 15 is 0 Å². The van der Waals surface area contributed by atoms with Gasteiger partial charge in [0.05, 0.1) is 13.2 Å². The van der Waals surface area contributed by atoms with Crippen molar-refractivity contribution in [3.05, 3.63) is 57.2 Å². The predicted molar refractivity (Wildman–Crippen MR) is 155 cm³/mol. The van der Waals surface area contributed by atoms with Gasteiger partial charge in [-0.05, 0) is 109 Å². The number of hydrogen-bond acceptors (Lipinski definition) is 3. The molecule has 1 fully saturated rings. The molecule has 3 aliphatic carbocycles. The first-order chi connectivity index (χ1) is 17.8. The van der Waals surface area contributed by atoms with Crippen LogP contribution >= 0.6 is 0 Å². The molecule has 3 heteroatoms. The molecule has 5 rings (SSSR count). The summed E-state index contributed by atoms with van der Waals surface area (Å²) in [5, 5.41) is 0. The Morgan fingerprint density at radius 2 is 1.79 bits per heavy atom. The molecule has 0 aromatic heterocycles. The molecule has 1 saturated carbocycles. The van der Waals surface area contributed by atoms with Crippen molar-refractivity contribution >= 4 is 5.97 Å². The van der Waals surface area contributed by atoms with Gasteiger partial charge in [-0.2, -0.15) is 0 Å². The van der Waals surface area contributed by atoms with Crippen molar-refractivity contribution in [2.75, 3.05) is 6.61 Å². The second-order valence-corrected chi connectivity index (χ2v) is 14.3. The molecule has 0 saturated heterocycles. The topological polar surface area (TPSA) is 35.5 Å². The Balaban J connectivity index is 1.50. The van der Waals surface area contributed by atoms with Crippen LogP contribution < -0.4 is 0 Å². The molecule has 3 nitrogen and oxygen atoms in total. The first-order valence-corrected chi connectivity index (χ1v) is 15.1. The Morgan fingerprint density at radius 1 is 1.05 bits per heavy atom. The van der Waals surface area contributed by atoms with Crippen molar-refractivity contribution in [3.63, 3.8) is 0 Å². The molecule has 0 amide bonds. The van der Waals surface area contributed by atoms with Crippen molar-refractivity contribution in [1.82, 2.24) is 0 Å². The molecule has 7 unspecified atom stereocenters. The van der Waals surface area contributed by atoms with Crippen LogP contribution in [0.3, 0.4) is 0 Å². The van der Waals surface area contributed by atoms with Crippen LogP contribution in [0.2, 0.25) is 0 Å². The molecule has 0 N–H and O–H groups in total. The highest BCUT2D eigenvalue weighted by molar-refractivity contribution is 5.66. The van der Waals surface area contributed by atoms with E-state index in [1.54, 1.807) is 23.6 Å². The average Bonchev–Trinajstić information content (AvgIpc) is 3.31. The number of carbonyl (C=O) groups excluding carboxylic acids is 1. The standard InChI is InChI=1S/C35H50O3/c1-20(2)26-14-30-21(3)12-28(38-24(6)36)13-25(31(30)15-26)10-11-35(9)23(5)34(7,8)32-17-29-22(4)18-37-19-27(29)16-33(32)35/h13,16-17,21-23,28,30-31H,10-12,14-15,18-19H2,1-9H3. The summed E-state index contributed by atoms with van der Waals surface area (Å²) in [6.07, 6.45) is 7.78. The van der Waals surface area contributed by atoms with E-state index in [0.717, 1.165) is 32.5 Å². The fraction of sp³-hybridized carbons (Fsp3) is 0.686. The summed E-state index contributed by atoms with van der Waals surface area (Å²) in [5.41, 5.74) is 10.9. The molecule has 1 aromatic carbocycles. The maximum atomic E-state index is 12.0. The Morgan fingerprint density at radius 3 is 2.47 bits per heavy atom. The molecule has 0 spiro atoms. The zero-order chi connectivity index (χ0) is 27.6. The number of rotatable bonds is 4. The Kier molecular flexibility index (Phi) is 7.25. The highest BCUT2D eigenvalue weighted by Gasteiger charge is 2.52. The van der Waals surface area contributed by atoms with E-state index < -0.39 is 0 Å². The molecule has 7 atom stereocenters. The van der Waals surface area contributed by atoms with Gasteiger partial charge in [0.2, 0.25) is 0 Å². The van der Waals surface area contributed by atoms with E-state index in [-0.39, 0.29) is 22.9 Å². The third-order valence-electron chi connectivity index (χ3n) is 11.4. The van der Waals surface area contributed by atoms with E-state index in [4.69, 9.17) is 9.47 Å². The molecule has 4 aliphatic rings. The fourth-order valence-corrected chi connectivity index (χ4v) is 8.58. The Hall–Kier alpha value is -1.87. The number of carbonyl (C=O) groups is 1. The molecular formula is C35H50O3. The van der Waals surface area contributed by atoms with Gasteiger partial charge in [-0.25, -0.2) is 0 Å². The second-order valence-electron chi connectivity index (χ2n) is 14.3. The van der Waals surface area contributed by atoms with Gasteiger partial charge in [0.15, 0.2) is 0 Å². The van der Waals surface area contributed by atoms with Crippen LogP contribution in [0.5, 0.6) is 0 Å². The Bertz CT molecular complexity index is 1170. The van der Waals surface area contributed by atoms with Gasteiger partial charge in [-0.1, -0.05) is 70.4 Å². The van der Waals surface area contributed by atoms with Crippen LogP contribution in [0.25, 0.3) is 0 Å². The van der Waals surface area contributed by atoms with E-state index in [2.05, 4.69) is 73.6 Å². The van der Waals surface area contributed by atoms with Crippen molar-refractivity contribution < 1.29 is 14.3 Å². The lowest BCUT2D eigenvalue weighted by Crippen LogP contribution is -2.34. The highest BCUT2D eigenvalue weighted by atomic mass is 16.5. The van der Waals surface area contributed by atoms with Crippen LogP contribution in [0, 0.1) is 23.7 Å². The fourth-order valence-electron chi connectivity index (χ4n) is 8.58. The van der Waals surface area contributed by atoms with Crippen molar-refractivity contribution in [3.8, 4) is 0 Å². The minimum absolute atomic E-state index is 0.0949. The van der Waals surface area contributed by atoms with E-state index in [1.165, 1.54) is 35.1 Å². The number of ether oxygens (including phenoxy) is 2. The molecule has 0 radical (unpaired) electrons. The third kappa shape index (κ3) is 4.61. The molecule has 0 bridgehead atoms. The zero-order valence-corrected chi connectivity index (χ0v) is 25.4. The van der Waals surface area contributed by atoms with E-state index in [1.807, 2.05) is 0 Å². The quantitative estimate of drug-likeness (QED) is 0.296. The van der Waals surface area contributed by atoms with Gasteiger partial charge < -0.3 is 9.47 Å². The predicted octanol–water partition coefficient (Wildman–Crippen LogP) is 8.55. The van der Waals surface area contributed by atoms with Crippen molar-refractivity contribution in [2.24, 2.45) is 23.7 Å². The van der Waals surface area contributed by atoms with Crippen LogP contribution in [-0.2, 0) is 31.7 Å². The van der Waals surface area contributed by atoms with Crippen molar-refractivity contribution in [1.29, 1.82) is 0 Å². The molecule has 38 heavy (non-hydrogen) atoms. The SMILES string of the molecule is CC(=O)OC1C=C(CCC2(C)c3cc4c(cc3C(C)(C)C2C)C(C)COC4)C2CC(=C(C)C)CC2C(C)C1. The van der Waals surface area contributed by atoms with Crippen LogP contribution in [0.15, 0.2) is 34.9 Å². The van der Waals surface area contributed by atoms with Gasteiger partial charge in [0, 0.05) is 12.8 Å². The maximum absolute atomic E-state index is 12.0. The summed E-state index contributed by atoms with van der Waals surface area (Å²) in [5.74, 6) is 2.59. The lowest BCUT2D eigenvalue weighted by molar-refractivity contribution is -0.144. The lowest BCUT2D eigenvalue weighted by Gasteiger charge is -2.37. The van der Waals surface area contributed by atoms with E-state index in [0.29, 0.717) is 29.6 Å². The average molecular weight is 519 g/mol. The minimum Gasteiger partial charge on any atom is -0.458 e. The first kappa shape index (κ1) is 27.7. The summed E-state index contributed by atoms with van der Waals surface area (Å²) in [6.45, 7) is 22.2. The van der Waals surface area contributed by atoms with Gasteiger partial charge in [-0.15, -0.1) is 0 Å². The number of benzene rings is 1. The minimum atomic E-state index is -0.164. The summed E-state index contributed by atoms with van der Waals surface area (Å²) in [6, 6.07) is 5.05. The van der Waals surface area contributed by atoms with Crippen LogP contribution in [0.1, 0.15) is 123 Å². The molecule has 1 aliphatic heterocycles. The van der Waals surface area contributed by atoms with Gasteiger partial charge >= 0.3 is 5.97 Å². The smallest absolute Gasteiger partial charge is 0.303 e. The summed E-state index contributed by atoms with van der Waals surface area (Å²) >= 11 is 0. The normalized spacial score (nSPS) is 35.6. The van der Waals surface area contributed by atoms with Gasteiger partial charge in [0.1, 0.15) is 6.10 Å². The second kappa shape index (κ2) is 9.95. The largest absolute Gasteiger partial charge is 0.458 e. The maximum Gasteiger partial charge on any atom is 0.303 e. The number of esters is 1. The number of allylic oxidation sites excluding steroid dienone is 3. The monoisotopic (exact) mass is 518 g/mol. The number of hydrogen-bond donors (Lipinski definition) is 0. The summed E-state index contributed by atoms with van der Waals surface area (Å²) in [7, 11) is 0. The van der Waals surface area contributed by atoms with E-state index in [9.17, 15) is 4.79 Å². The molecular weight excluding hydrogens is 468 g/mol. The Labute approximate surface area is 231 Å². The molecule has 1 heterocycles. The summed E-state index contributed by atoms with van der Waals surface area (Å²) < 4.78 is 11.8. The van der Waals surface area contributed by atoms with Crippen LogP contribution in [0.4, 0.5) is 0 Å². The van der Waals surface area contributed by atoms with Crippen LogP contribution in [-0.4, -0.2) is 18.7 Å². The molecule has 208 valence electrons. The van der Waals surface area contributed by atoms with Gasteiger partial charge in [0.25, 0.3) is 0 Å². The lowest BCUT2D eigenvalue weighted by atomic mass is 9.67. The first-order valence-electron chi connectivity index (χ1n) is 15.1.